The van der Waals surface area contributed by atoms with E-state index in [1.54, 1.807) is 26.4 Å². The normalized spacial score (nSPS) is 15.1. The van der Waals surface area contributed by atoms with E-state index < -0.39 is 5.97 Å². The Morgan fingerprint density at radius 1 is 1.04 bits per heavy atom. The summed E-state index contributed by atoms with van der Waals surface area (Å²) in [6.45, 7) is 2.12. The Labute approximate surface area is 258 Å². The highest BCUT2D eigenvalue weighted by atomic mass is 16.5. The summed E-state index contributed by atoms with van der Waals surface area (Å²) in [5, 5.41) is 29.3. The quantitative estimate of drug-likeness (QED) is 0.210. The predicted molar refractivity (Wildman–Crippen MR) is 167 cm³/mol. The van der Waals surface area contributed by atoms with Gasteiger partial charge in [0.2, 0.25) is 5.91 Å². The molecular weight excluding hydrogens is 574 g/mol. The molecule has 0 spiro atoms. The molecule has 228 valence electrons. The van der Waals surface area contributed by atoms with E-state index >= 15 is 0 Å². The van der Waals surface area contributed by atoms with Gasteiger partial charge in [0.05, 0.1) is 25.0 Å². The van der Waals surface area contributed by atoms with Crippen LogP contribution in [0.25, 0.3) is 33.2 Å². The minimum atomic E-state index is -1.03. The molecule has 1 aliphatic carbocycles. The van der Waals surface area contributed by atoms with E-state index in [0.717, 1.165) is 59.3 Å². The fourth-order valence-corrected chi connectivity index (χ4v) is 5.69. The average molecular weight is 606 g/mol. The first-order valence-electron chi connectivity index (χ1n) is 14.7. The van der Waals surface area contributed by atoms with Gasteiger partial charge in [-0.3, -0.25) is 14.4 Å². The van der Waals surface area contributed by atoms with Gasteiger partial charge in [-0.05, 0) is 31.0 Å². The van der Waals surface area contributed by atoms with Gasteiger partial charge >= 0.3 is 5.97 Å². The van der Waals surface area contributed by atoms with Crippen molar-refractivity contribution in [2.45, 2.75) is 25.4 Å². The fourth-order valence-electron chi connectivity index (χ4n) is 5.69. The number of methoxy groups -OCH3 is 1. The van der Waals surface area contributed by atoms with Crippen molar-refractivity contribution in [3.8, 4) is 28.0 Å². The standard InChI is InChI=1S/C32H31N9O4/c1-33-30-28-24(11-27(38-39-28)37-31(42)18-9-10-18)25(13-34-30)23-7-4-6-22(29(23)45-2)19-12-35-41(14-19)21-16-40(17-21)15-20-5-3-8-26(36-20)32(43)44/h3-8,11-14,18,21H,9-10,15-17H2,1-2H3,(H,33,34)(H,43,44)(H,37,38,42). The second kappa shape index (κ2) is 11.6. The molecule has 7 rings (SSSR count). The summed E-state index contributed by atoms with van der Waals surface area (Å²) in [6.07, 6.45) is 7.42. The lowest BCUT2D eigenvalue weighted by molar-refractivity contribution is -0.117. The highest BCUT2D eigenvalue weighted by Crippen LogP contribution is 2.42. The summed E-state index contributed by atoms with van der Waals surface area (Å²) in [6, 6.07) is 13.0. The van der Waals surface area contributed by atoms with Crippen LogP contribution >= 0.6 is 0 Å². The van der Waals surface area contributed by atoms with Crippen molar-refractivity contribution in [2.75, 3.05) is 37.9 Å². The molecule has 1 aromatic carbocycles. The number of rotatable bonds is 10. The number of carboxylic acid groups (broad SMARTS) is 1. The molecule has 2 fully saturated rings. The van der Waals surface area contributed by atoms with Gasteiger partial charge in [-0.2, -0.15) is 5.10 Å². The number of carbonyl (C=O) groups is 2. The molecule has 4 aromatic heterocycles. The first-order valence-corrected chi connectivity index (χ1v) is 14.7. The van der Waals surface area contributed by atoms with E-state index in [9.17, 15) is 14.7 Å². The summed E-state index contributed by atoms with van der Waals surface area (Å²) in [5.41, 5.74) is 4.76. The molecule has 5 heterocycles. The number of likely N-dealkylation sites (tertiary alicyclic amines) is 1. The van der Waals surface area contributed by atoms with Gasteiger partial charge in [0, 0.05) is 72.6 Å². The number of nitrogens with zero attached hydrogens (tertiary/aromatic N) is 7. The van der Waals surface area contributed by atoms with Gasteiger partial charge in [0.25, 0.3) is 0 Å². The SMILES string of the molecule is CNc1ncc(-c2cccc(-c3cnn(C4CN(Cc5cccc(C(=O)O)n5)C4)c3)c2OC)c2cc(NC(=O)C3CC3)nnc12. The number of benzene rings is 1. The van der Waals surface area contributed by atoms with Crippen LogP contribution in [0.4, 0.5) is 11.6 Å². The number of anilines is 2. The molecule has 0 unspecified atom stereocenters. The summed E-state index contributed by atoms with van der Waals surface area (Å²) in [4.78, 5) is 34.7. The number of carbonyl (C=O) groups excluding carboxylic acids is 1. The van der Waals surface area contributed by atoms with Gasteiger partial charge in [0.15, 0.2) is 11.6 Å². The monoisotopic (exact) mass is 605 g/mol. The van der Waals surface area contributed by atoms with Crippen LogP contribution in [-0.2, 0) is 11.3 Å². The third kappa shape index (κ3) is 5.53. The summed E-state index contributed by atoms with van der Waals surface area (Å²) < 4.78 is 7.96. The number of para-hydroxylation sites is 1. The molecule has 5 aromatic rings. The molecule has 1 amide bonds. The second-order valence-electron chi connectivity index (χ2n) is 11.3. The summed E-state index contributed by atoms with van der Waals surface area (Å²) in [5.74, 6) is 0.613. The van der Waals surface area contributed by atoms with E-state index in [1.165, 1.54) is 6.07 Å². The van der Waals surface area contributed by atoms with E-state index in [4.69, 9.17) is 4.74 Å². The largest absolute Gasteiger partial charge is 0.495 e. The lowest BCUT2D eigenvalue weighted by Gasteiger charge is -2.39. The van der Waals surface area contributed by atoms with Crippen molar-refractivity contribution in [1.29, 1.82) is 0 Å². The Morgan fingerprint density at radius 3 is 2.60 bits per heavy atom. The van der Waals surface area contributed by atoms with Crippen LogP contribution < -0.4 is 15.4 Å². The number of ether oxygens (including phenoxy) is 1. The molecule has 13 nitrogen and oxygen atoms in total. The van der Waals surface area contributed by atoms with Crippen LogP contribution in [0, 0.1) is 5.92 Å². The van der Waals surface area contributed by atoms with Crippen molar-refractivity contribution in [3.63, 3.8) is 0 Å². The zero-order valence-corrected chi connectivity index (χ0v) is 24.8. The first kappa shape index (κ1) is 28.3. The van der Waals surface area contributed by atoms with Crippen molar-refractivity contribution < 1.29 is 19.4 Å². The van der Waals surface area contributed by atoms with E-state index in [1.807, 2.05) is 47.4 Å². The summed E-state index contributed by atoms with van der Waals surface area (Å²) >= 11 is 0. The molecule has 3 N–H and O–H groups in total. The number of carboxylic acids is 1. The van der Waals surface area contributed by atoms with Crippen molar-refractivity contribution in [1.82, 2.24) is 34.8 Å². The maximum absolute atomic E-state index is 12.4. The number of pyridine rings is 2. The van der Waals surface area contributed by atoms with Crippen molar-refractivity contribution in [3.05, 3.63) is 72.4 Å². The van der Waals surface area contributed by atoms with Crippen LogP contribution in [0.5, 0.6) is 5.75 Å². The fraction of sp³-hybridized carbons (Fsp3) is 0.281. The van der Waals surface area contributed by atoms with Gasteiger partial charge in [-0.25, -0.2) is 14.8 Å². The summed E-state index contributed by atoms with van der Waals surface area (Å²) in [7, 11) is 3.42. The lowest BCUT2D eigenvalue weighted by atomic mass is 9.97. The smallest absolute Gasteiger partial charge is 0.354 e. The van der Waals surface area contributed by atoms with Gasteiger partial charge in [-0.1, -0.05) is 24.3 Å². The van der Waals surface area contributed by atoms with Gasteiger partial charge < -0.3 is 20.5 Å². The minimum absolute atomic E-state index is 0.0386. The molecule has 45 heavy (non-hydrogen) atoms. The molecule has 2 aliphatic rings. The van der Waals surface area contributed by atoms with Gasteiger partial charge in [-0.15, -0.1) is 10.2 Å². The number of nitrogens with one attached hydrogen (secondary N) is 2. The average Bonchev–Trinajstić information content (AvgIpc) is 3.79. The van der Waals surface area contributed by atoms with Crippen LogP contribution in [-0.4, -0.2) is 79.1 Å². The number of aromatic carboxylic acids is 1. The molecule has 0 atom stereocenters. The number of aromatic nitrogens is 6. The Balaban J connectivity index is 1.15. The topological polar surface area (TPSA) is 160 Å². The Morgan fingerprint density at radius 2 is 1.84 bits per heavy atom. The molecule has 13 heteroatoms. The number of hydrogen-bond donors (Lipinski definition) is 3. The zero-order valence-electron chi connectivity index (χ0n) is 24.8. The third-order valence-corrected chi connectivity index (χ3v) is 8.21. The minimum Gasteiger partial charge on any atom is -0.495 e. The maximum atomic E-state index is 12.4. The first-order chi connectivity index (χ1) is 21.9. The molecule has 0 bridgehead atoms. The predicted octanol–water partition coefficient (Wildman–Crippen LogP) is 4.10. The maximum Gasteiger partial charge on any atom is 0.354 e. The Bertz CT molecular complexity index is 1930. The van der Waals surface area contributed by atoms with E-state index in [0.29, 0.717) is 29.4 Å². The molecule has 1 saturated carbocycles. The molecular formula is C32H31N9O4. The zero-order chi connectivity index (χ0) is 31.1. The lowest BCUT2D eigenvalue weighted by Crippen LogP contribution is -2.47. The van der Waals surface area contributed by atoms with Crippen LogP contribution in [0.15, 0.2) is 61.1 Å². The highest BCUT2D eigenvalue weighted by molar-refractivity contribution is 6.03. The van der Waals surface area contributed by atoms with Crippen LogP contribution in [0.1, 0.15) is 35.1 Å². The van der Waals surface area contributed by atoms with E-state index in [2.05, 4.69) is 40.8 Å². The number of fused-ring (bicyclic) bond motifs is 1. The number of amides is 1. The molecule has 1 aliphatic heterocycles. The molecule has 0 radical (unpaired) electrons. The van der Waals surface area contributed by atoms with Crippen LogP contribution in [0.3, 0.4) is 0 Å². The second-order valence-corrected chi connectivity index (χ2v) is 11.3. The highest BCUT2D eigenvalue weighted by Gasteiger charge is 2.31. The van der Waals surface area contributed by atoms with Crippen LogP contribution in [0.2, 0.25) is 0 Å². The Hall–Kier alpha value is -5.43. The van der Waals surface area contributed by atoms with Crippen molar-refractivity contribution in [2.24, 2.45) is 5.92 Å². The van der Waals surface area contributed by atoms with Gasteiger partial charge in [0.1, 0.15) is 17.0 Å². The third-order valence-electron chi connectivity index (χ3n) is 8.21. The van der Waals surface area contributed by atoms with Crippen molar-refractivity contribution >= 4 is 34.4 Å². The Kier molecular flexibility index (Phi) is 7.29. The van der Waals surface area contributed by atoms with E-state index in [-0.39, 0.29) is 23.6 Å². The number of hydrogen-bond acceptors (Lipinski definition) is 10. The molecule has 1 saturated heterocycles.